The Bertz CT molecular complexity index is 1220. The number of hydrogen-bond donors (Lipinski definition) is 3. The van der Waals surface area contributed by atoms with Crippen LogP contribution in [0, 0.1) is 0 Å². The Morgan fingerprint density at radius 3 is 2.42 bits per heavy atom. The maximum absolute atomic E-state index is 12.3. The Balaban J connectivity index is 1.23. The van der Waals surface area contributed by atoms with Gasteiger partial charge in [-0.3, -0.25) is 20.4 Å². The molecule has 0 unspecified atom stereocenters. The Morgan fingerprint density at radius 2 is 1.67 bits per heavy atom. The van der Waals surface area contributed by atoms with Crippen molar-refractivity contribution in [3.63, 3.8) is 0 Å². The number of carbonyl (C=O) groups is 2. The van der Waals surface area contributed by atoms with Crippen molar-refractivity contribution in [2.75, 3.05) is 13.7 Å². The lowest BCUT2D eigenvalue weighted by Gasteiger charge is -2.11. The summed E-state index contributed by atoms with van der Waals surface area (Å²) in [6.45, 7) is -0.265. The van der Waals surface area contributed by atoms with Crippen LogP contribution in [0.5, 0.6) is 11.5 Å². The minimum Gasteiger partial charge on any atom is -0.493 e. The van der Waals surface area contributed by atoms with Gasteiger partial charge < -0.3 is 14.5 Å². The normalized spacial score (nSPS) is 10.6. The molecule has 1 aromatic heterocycles. The molecule has 0 atom stereocenters. The molecule has 9 heteroatoms. The summed E-state index contributed by atoms with van der Waals surface area (Å²) in [6.07, 6.45) is 0. The van der Waals surface area contributed by atoms with E-state index in [0.29, 0.717) is 22.8 Å². The molecule has 4 rings (SSSR count). The van der Waals surface area contributed by atoms with E-state index in [-0.39, 0.29) is 6.61 Å². The number of hydrazine groups is 1. The summed E-state index contributed by atoms with van der Waals surface area (Å²) >= 11 is 1.59. The molecule has 0 saturated carbocycles. The van der Waals surface area contributed by atoms with Gasteiger partial charge in [-0.15, -0.1) is 0 Å². The van der Waals surface area contributed by atoms with Gasteiger partial charge in [0.05, 0.1) is 18.1 Å². The summed E-state index contributed by atoms with van der Waals surface area (Å²) in [5.74, 6) is 0.759. The van der Waals surface area contributed by atoms with Gasteiger partial charge in [-0.25, -0.2) is 4.98 Å². The van der Waals surface area contributed by atoms with Crippen LogP contribution >= 0.6 is 11.8 Å². The minimum absolute atomic E-state index is 0.265. The number of aromatic amines is 1. The molecule has 0 bridgehead atoms. The third kappa shape index (κ3) is 5.83. The monoisotopic (exact) mass is 462 g/mol. The van der Waals surface area contributed by atoms with Gasteiger partial charge in [0.15, 0.2) is 23.3 Å². The van der Waals surface area contributed by atoms with E-state index in [2.05, 4.69) is 20.8 Å². The number of methoxy groups -OCH3 is 1. The molecule has 168 valence electrons. The van der Waals surface area contributed by atoms with Crippen molar-refractivity contribution in [2.45, 2.75) is 10.9 Å². The number of nitrogens with zero attached hydrogens (tertiary/aromatic N) is 1. The SMILES string of the molecule is COc1ccccc1OCC(=O)NNC(=O)c1ccc(CSc2nc3ccccc3[nH]2)cc1. The van der Waals surface area contributed by atoms with Crippen LogP contribution in [-0.2, 0) is 10.5 Å². The molecule has 3 aromatic carbocycles. The number of nitrogens with one attached hydrogen (secondary N) is 3. The van der Waals surface area contributed by atoms with Crippen LogP contribution in [0.1, 0.15) is 15.9 Å². The number of hydrogen-bond acceptors (Lipinski definition) is 6. The number of aromatic nitrogens is 2. The lowest BCUT2D eigenvalue weighted by Crippen LogP contribution is -2.43. The molecule has 0 fully saturated rings. The smallest absolute Gasteiger partial charge is 0.276 e. The Labute approximate surface area is 194 Å². The summed E-state index contributed by atoms with van der Waals surface area (Å²) < 4.78 is 10.6. The summed E-state index contributed by atoms with van der Waals surface area (Å²) in [7, 11) is 1.52. The van der Waals surface area contributed by atoms with E-state index >= 15 is 0 Å². The fourth-order valence-electron chi connectivity index (χ4n) is 3.02. The van der Waals surface area contributed by atoms with Crippen LogP contribution in [0.4, 0.5) is 0 Å². The van der Waals surface area contributed by atoms with Gasteiger partial charge in [-0.05, 0) is 42.0 Å². The van der Waals surface area contributed by atoms with Crippen molar-refractivity contribution in [1.82, 2.24) is 20.8 Å². The van der Waals surface area contributed by atoms with E-state index in [9.17, 15) is 9.59 Å². The molecule has 0 saturated heterocycles. The van der Waals surface area contributed by atoms with E-state index in [1.54, 1.807) is 48.2 Å². The maximum atomic E-state index is 12.3. The molecule has 0 aliphatic carbocycles. The molecule has 1 heterocycles. The second kappa shape index (κ2) is 10.6. The Kier molecular flexibility index (Phi) is 7.11. The van der Waals surface area contributed by atoms with Crippen molar-refractivity contribution < 1.29 is 19.1 Å². The third-order valence-electron chi connectivity index (χ3n) is 4.70. The Morgan fingerprint density at radius 1 is 0.939 bits per heavy atom. The van der Waals surface area contributed by atoms with Crippen LogP contribution in [0.15, 0.2) is 78.0 Å². The van der Waals surface area contributed by atoms with E-state index in [1.807, 2.05) is 36.4 Å². The maximum Gasteiger partial charge on any atom is 0.276 e. The van der Waals surface area contributed by atoms with Gasteiger partial charge in [0.25, 0.3) is 11.8 Å². The molecule has 0 aliphatic heterocycles. The van der Waals surface area contributed by atoms with Gasteiger partial charge in [-0.2, -0.15) is 0 Å². The molecule has 0 aliphatic rings. The van der Waals surface area contributed by atoms with Gasteiger partial charge in [0.1, 0.15) is 0 Å². The molecule has 0 spiro atoms. The van der Waals surface area contributed by atoms with Crippen molar-refractivity contribution in [3.05, 3.63) is 83.9 Å². The molecular formula is C24H22N4O4S. The highest BCUT2D eigenvalue weighted by Gasteiger charge is 2.10. The number of thioether (sulfide) groups is 1. The predicted octanol–water partition coefficient (Wildman–Crippen LogP) is 3.70. The zero-order chi connectivity index (χ0) is 23.0. The van der Waals surface area contributed by atoms with Crippen LogP contribution in [0.2, 0.25) is 0 Å². The second-order valence-electron chi connectivity index (χ2n) is 6.99. The van der Waals surface area contributed by atoms with E-state index < -0.39 is 11.8 Å². The van der Waals surface area contributed by atoms with Gasteiger partial charge in [-0.1, -0.05) is 48.2 Å². The lowest BCUT2D eigenvalue weighted by atomic mass is 10.1. The van der Waals surface area contributed by atoms with Crippen molar-refractivity contribution in [3.8, 4) is 11.5 Å². The van der Waals surface area contributed by atoms with Crippen LogP contribution in [0.3, 0.4) is 0 Å². The molecule has 8 nitrogen and oxygen atoms in total. The number of fused-ring (bicyclic) bond motifs is 1. The standard InChI is InChI=1S/C24H22N4O4S/c1-31-20-8-4-5-9-21(20)32-14-22(29)27-28-23(30)17-12-10-16(11-13-17)15-33-24-25-18-6-2-3-7-19(18)26-24/h2-13H,14-15H2,1H3,(H,25,26)(H,27,29)(H,28,30). The van der Waals surface area contributed by atoms with Crippen LogP contribution in [-0.4, -0.2) is 35.5 Å². The summed E-state index contributed by atoms with van der Waals surface area (Å²) in [6, 6.07) is 22.0. The number of benzene rings is 3. The number of ether oxygens (including phenoxy) is 2. The highest BCUT2D eigenvalue weighted by atomic mass is 32.2. The minimum atomic E-state index is -0.492. The van der Waals surface area contributed by atoms with E-state index in [4.69, 9.17) is 9.47 Å². The zero-order valence-electron chi connectivity index (χ0n) is 17.8. The quantitative estimate of drug-likeness (QED) is 0.272. The number of amides is 2. The number of imidazole rings is 1. The Hall–Kier alpha value is -3.98. The summed E-state index contributed by atoms with van der Waals surface area (Å²) in [5, 5.41) is 0.844. The van der Waals surface area contributed by atoms with Gasteiger partial charge in [0.2, 0.25) is 0 Å². The fraction of sp³-hybridized carbons (Fsp3) is 0.125. The second-order valence-corrected chi connectivity index (χ2v) is 7.95. The van der Waals surface area contributed by atoms with E-state index in [0.717, 1.165) is 21.8 Å². The predicted molar refractivity (Wildman–Crippen MR) is 126 cm³/mol. The first-order chi connectivity index (χ1) is 16.1. The number of carbonyl (C=O) groups excluding carboxylic acids is 2. The van der Waals surface area contributed by atoms with Crippen LogP contribution in [0.25, 0.3) is 11.0 Å². The molecule has 3 N–H and O–H groups in total. The third-order valence-corrected chi connectivity index (χ3v) is 5.65. The number of H-pyrrole nitrogens is 1. The van der Waals surface area contributed by atoms with Crippen molar-refractivity contribution >= 4 is 34.6 Å². The van der Waals surface area contributed by atoms with Crippen LogP contribution < -0.4 is 20.3 Å². The molecule has 33 heavy (non-hydrogen) atoms. The first-order valence-electron chi connectivity index (χ1n) is 10.1. The summed E-state index contributed by atoms with van der Waals surface area (Å²) in [4.78, 5) is 32.1. The van der Waals surface area contributed by atoms with Crippen molar-refractivity contribution in [2.24, 2.45) is 0 Å². The summed E-state index contributed by atoms with van der Waals surface area (Å²) in [5.41, 5.74) is 8.14. The molecule has 2 amide bonds. The number of rotatable bonds is 8. The fourth-order valence-corrected chi connectivity index (χ4v) is 3.86. The topological polar surface area (TPSA) is 105 Å². The van der Waals surface area contributed by atoms with E-state index in [1.165, 1.54) is 7.11 Å². The molecule has 0 radical (unpaired) electrons. The highest BCUT2D eigenvalue weighted by Crippen LogP contribution is 2.25. The molecule has 4 aromatic rings. The molecular weight excluding hydrogens is 440 g/mol. The van der Waals surface area contributed by atoms with Gasteiger partial charge in [0, 0.05) is 11.3 Å². The zero-order valence-corrected chi connectivity index (χ0v) is 18.6. The number of para-hydroxylation sites is 4. The average Bonchev–Trinajstić information content (AvgIpc) is 3.28. The highest BCUT2D eigenvalue weighted by molar-refractivity contribution is 7.98. The van der Waals surface area contributed by atoms with Crippen molar-refractivity contribution in [1.29, 1.82) is 0 Å². The average molecular weight is 463 g/mol. The first-order valence-corrected chi connectivity index (χ1v) is 11.1. The van der Waals surface area contributed by atoms with Gasteiger partial charge >= 0.3 is 0 Å². The first kappa shape index (κ1) is 22.2. The lowest BCUT2D eigenvalue weighted by molar-refractivity contribution is -0.123. The largest absolute Gasteiger partial charge is 0.493 e.